The fraction of sp³-hybridized carbons (Fsp3) is 0.938. The van der Waals surface area contributed by atoms with E-state index in [1.165, 1.54) is 19.8 Å². The molecule has 214 valence electrons. The Labute approximate surface area is 228 Å². The maximum Gasteiger partial charge on any atom is 0.303 e. The summed E-state index contributed by atoms with van der Waals surface area (Å²) in [4.78, 5) is 24.9. The Kier molecular flexibility index (Phi) is 5.62. The van der Waals surface area contributed by atoms with Gasteiger partial charge in [0.25, 0.3) is 0 Å². The standard InChI is InChI=1S/C32H50O6/c1-17-15-19(26(28(5,6)36)37-18(2)33)38-24-23(17)29(7)13-14-32-16-31(32)12-11-22(34)27(3,4)20(31)9-10-21(32)30(29,8)25(24)35/h17,19-21,23-26,35-36H,9-16H2,1-8H3/t17-,19-,20+,21+,23?,24?,25+,26+,29-,30-,31-,32+/m1/s1. The third kappa shape index (κ3) is 3.06. The number of fused-ring (bicyclic) bond motifs is 4. The highest BCUT2D eigenvalue weighted by Crippen LogP contribution is 2.89. The van der Waals surface area contributed by atoms with Crippen molar-refractivity contribution < 1.29 is 29.3 Å². The van der Waals surface area contributed by atoms with Gasteiger partial charge in [-0.05, 0) is 98.7 Å². The maximum atomic E-state index is 13.0. The van der Waals surface area contributed by atoms with E-state index in [2.05, 4.69) is 34.6 Å². The van der Waals surface area contributed by atoms with Crippen LogP contribution in [0.15, 0.2) is 0 Å². The molecule has 0 aromatic heterocycles. The lowest BCUT2D eigenvalue weighted by Gasteiger charge is -2.63. The largest absolute Gasteiger partial charge is 0.457 e. The first-order valence-electron chi connectivity index (χ1n) is 15.2. The molecule has 6 rings (SSSR count). The first kappa shape index (κ1) is 27.2. The normalized spacial score (nSPS) is 53.5. The van der Waals surface area contributed by atoms with Gasteiger partial charge in [0, 0.05) is 24.2 Å². The van der Waals surface area contributed by atoms with Crippen LogP contribution in [0.25, 0.3) is 0 Å². The van der Waals surface area contributed by atoms with Crippen molar-refractivity contribution in [3.8, 4) is 0 Å². The van der Waals surface area contributed by atoms with Gasteiger partial charge in [0.15, 0.2) is 6.10 Å². The number of aliphatic hydroxyl groups excluding tert-OH is 1. The lowest BCUT2D eigenvalue weighted by atomic mass is 9.41. The van der Waals surface area contributed by atoms with Gasteiger partial charge in [-0.15, -0.1) is 0 Å². The molecule has 1 aliphatic heterocycles. The summed E-state index contributed by atoms with van der Waals surface area (Å²) < 4.78 is 12.4. The van der Waals surface area contributed by atoms with Gasteiger partial charge in [0.2, 0.25) is 0 Å². The Hall–Kier alpha value is -0.980. The van der Waals surface area contributed by atoms with Crippen molar-refractivity contribution in [1.29, 1.82) is 0 Å². The van der Waals surface area contributed by atoms with Crippen molar-refractivity contribution in [2.45, 2.75) is 137 Å². The van der Waals surface area contributed by atoms with Crippen molar-refractivity contribution >= 4 is 11.8 Å². The fourth-order valence-corrected chi connectivity index (χ4v) is 12.2. The molecule has 5 saturated carbocycles. The number of rotatable bonds is 3. The first-order valence-corrected chi connectivity index (χ1v) is 15.2. The molecule has 0 aromatic carbocycles. The van der Waals surface area contributed by atoms with Gasteiger partial charge < -0.3 is 19.7 Å². The third-order valence-corrected chi connectivity index (χ3v) is 13.9. The molecule has 6 heteroatoms. The van der Waals surface area contributed by atoms with Crippen LogP contribution in [-0.4, -0.2) is 52.0 Å². The minimum absolute atomic E-state index is 0.0559. The predicted octanol–water partition coefficient (Wildman–Crippen LogP) is 5.07. The Balaban J connectivity index is 1.35. The second-order valence-corrected chi connectivity index (χ2v) is 16.0. The van der Waals surface area contributed by atoms with Crippen molar-refractivity contribution in [2.24, 2.45) is 50.7 Å². The molecule has 5 aliphatic carbocycles. The second kappa shape index (κ2) is 7.85. The molecule has 0 radical (unpaired) electrons. The fourth-order valence-electron chi connectivity index (χ4n) is 12.2. The van der Waals surface area contributed by atoms with Crippen LogP contribution in [0.4, 0.5) is 0 Å². The molecule has 0 amide bonds. The number of ether oxygens (including phenoxy) is 2. The highest BCUT2D eigenvalue weighted by Gasteiger charge is 2.84. The SMILES string of the molecule is CC(=O)O[C@@H]([C@H]1C[C@@H](C)C2C(O1)[C@H](O)[C@@]1(C)[C@@H]3CC[C@H]4C(C)(C)C(=O)CC[C@@]45C[C@@]35CC[C@]21C)C(C)(C)O. The molecule has 12 atom stereocenters. The van der Waals surface area contributed by atoms with Crippen LogP contribution in [-0.2, 0) is 19.1 Å². The molecule has 1 heterocycles. The summed E-state index contributed by atoms with van der Waals surface area (Å²) in [6.45, 7) is 16.1. The minimum Gasteiger partial charge on any atom is -0.457 e. The molecular weight excluding hydrogens is 480 g/mol. The molecule has 0 aromatic rings. The van der Waals surface area contributed by atoms with Crippen LogP contribution in [0.1, 0.15) is 107 Å². The van der Waals surface area contributed by atoms with Gasteiger partial charge in [-0.1, -0.05) is 34.6 Å². The van der Waals surface area contributed by atoms with E-state index in [4.69, 9.17) is 9.47 Å². The molecular formula is C32H50O6. The average Bonchev–Trinajstić information content (AvgIpc) is 3.44. The zero-order valence-corrected chi connectivity index (χ0v) is 24.8. The zero-order chi connectivity index (χ0) is 27.8. The Bertz CT molecular complexity index is 1050. The number of hydrogen-bond acceptors (Lipinski definition) is 6. The number of aliphatic hydroxyl groups is 2. The quantitative estimate of drug-likeness (QED) is 0.495. The molecule has 6 aliphatic rings. The van der Waals surface area contributed by atoms with E-state index < -0.39 is 29.9 Å². The summed E-state index contributed by atoms with van der Waals surface area (Å²) in [6, 6.07) is 0. The molecule has 6 fully saturated rings. The van der Waals surface area contributed by atoms with E-state index in [1.807, 2.05) is 0 Å². The van der Waals surface area contributed by atoms with Crippen LogP contribution in [0.3, 0.4) is 0 Å². The number of carbonyl (C=O) groups is 2. The van der Waals surface area contributed by atoms with Gasteiger partial charge in [0.1, 0.15) is 5.78 Å². The van der Waals surface area contributed by atoms with Crippen molar-refractivity contribution in [3.05, 3.63) is 0 Å². The summed E-state index contributed by atoms with van der Waals surface area (Å²) in [5.41, 5.74) is -1.35. The first-order chi connectivity index (χ1) is 17.5. The van der Waals surface area contributed by atoms with E-state index in [0.29, 0.717) is 30.5 Å². The number of carbonyl (C=O) groups excluding carboxylic acids is 2. The second-order valence-electron chi connectivity index (χ2n) is 16.0. The molecule has 1 saturated heterocycles. The molecule has 0 bridgehead atoms. The smallest absolute Gasteiger partial charge is 0.303 e. The van der Waals surface area contributed by atoms with Crippen LogP contribution in [0.2, 0.25) is 0 Å². The maximum absolute atomic E-state index is 13.0. The summed E-state index contributed by atoms with van der Waals surface area (Å²) in [5, 5.41) is 23.2. The Morgan fingerprint density at radius 1 is 1.08 bits per heavy atom. The highest BCUT2D eigenvalue weighted by atomic mass is 16.6. The molecule has 38 heavy (non-hydrogen) atoms. The van der Waals surface area contributed by atoms with Gasteiger partial charge in [-0.2, -0.15) is 0 Å². The Morgan fingerprint density at radius 3 is 2.34 bits per heavy atom. The van der Waals surface area contributed by atoms with Gasteiger partial charge >= 0.3 is 5.97 Å². The summed E-state index contributed by atoms with van der Waals surface area (Å²) >= 11 is 0. The molecule has 6 nitrogen and oxygen atoms in total. The van der Waals surface area contributed by atoms with Crippen LogP contribution < -0.4 is 0 Å². The topological polar surface area (TPSA) is 93.1 Å². The highest BCUT2D eigenvalue weighted by molar-refractivity contribution is 5.86. The van der Waals surface area contributed by atoms with E-state index in [-0.39, 0.29) is 45.0 Å². The lowest BCUT2D eigenvalue weighted by molar-refractivity contribution is -0.216. The Morgan fingerprint density at radius 2 is 1.71 bits per heavy atom. The summed E-state index contributed by atoms with van der Waals surface area (Å²) in [5.74, 6) is 1.37. The van der Waals surface area contributed by atoms with Crippen molar-refractivity contribution in [2.75, 3.05) is 0 Å². The minimum atomic E-state index is -1.25. The van der Waals surface area contributed by atoms with Gasteiger partial charge in [-0.25, -0.2) is 0 Å². The third-order valence-electron chi connectivity index (χ3n) is 13.9. The number of hydrogen-bond donors (Lipinski definition) is 2. The van der Waals surface area contributed by atoms with E-state index in [1.54, 1.807) is 13.8 Å². The zero-order valence-electron chi connectivity index (χ0n) is 24.8. The van der Waals surface area contributed by atoms with Gasteiger partial charge in [0.05, 0.1) is 23.9 Å². The number of esters is 1. The van der Waals surface area contributed by atoms with Crippen molar-refractivity contribution in [1.82, 2.24) is 0 Å². The average molecular weight is 531 g/mol. The lowest BCUT2D eigenvalue weighted by Crippen LogP contribution is -2.59. The van der Waals surface area contributed by atoms with E-state index in [0.717, 1.165) is 25.7 Å². The molecule has 2 unspecified atom stereocenters. The monoisotopic (exact) mass is 530 g/mol. The summed E-state index contributed by atoms with van der Waals surface area (Å²) in [6.07, 6.45) is 5.86. The van der Waals surface area contributed by atoms with E-state index in [9.17, 15) is 19.8 Å². The van der Waals surface area contributed by atoms with Crippen LogP contribution in [0.5, 0.6) is 0 Å². The molecule has 2 spiro atoms. The predicted molar refractivity (Wildman–Crippen MR) is 143 cm³/mol. The van der Waals surface area contributed by atoms with E-state index >= 15 is 0 Å². The van der Waals surface area contributed by atoms with Crippen LogP contribution in [0, 0.1) is 50.7 Å². The summed E-state index contributed by atoms with van der Waals surface area (Å²) in [7, 11) is 0. The van der Waals surface area contributed by atoms with Gasteiger partial charge in [-0.3, -0.25) is 9.59 Å². The van der Waals surface area contributed by atoms with Crippen molar-refractivity contribution in [3.63, 3.8) is 0 Å². The molecule has 2 N–H and O–H groups in total. The number of ketones is 1. The van der Waals surface area contributed by atoms with Crippen LogP contribution >= 0.6 is 0 Å². The number of Topliss-reactive ketones (excluding diaryl/α,β-unsaturated/α-hetero) is 1.